The van der Waals surface area contributed by atoms with Crippen LogP contribution in [0.2, 0.25) is 0 Å². The lowest BCUT2D eigenvalue weighted by atomic mass is 9.67. The molecule has 1 amide bonds. The molecule has 150 valence electrons. The number of ether oxygens (including phenoxy) is 1. The Balaban J connectivity index is 1.29. The van der Waals surface area contributed by atoms with Crippen molar-refractivity contribution in [3.05, 3.63) is 65.7 Å². The number of hydrogen-bond donors (Lipinski definition) is 1. The lowest BCUT2D eigenvalue weighted by Crippen LogP contribution is -2.39. The van der Waals surface area contributed by atoms with E-state index in [1.54, 1.807) is 24.3 Å². The summed E-state index contributed by atoms with van der Waals surface area (Å²) in [6.45, 7) is 0.180. The number of ketones is 1. The number of nitrogens with one attached hydrogen (secondary N) is 1. The molecule has 1 unspecified atom stereocenters. The molecular weight excluding hydrogens is 366 g/mol. The lowest BCUT2D eigenvalue weighted by Gasteiger charge is -2.36. The number of para-hydroxylation sites is 1. The molecule has 5 nitrogen and oxygen atoms in total. The van der Waals surface area contributed by atoms with Crippen LogP contribution in [0, 0.1) is 17.8 Å². The van der Waals surface area contributed by atoms with Crippen LogP contribution in [0.1, 0.15) is 48.0 Å². The monoisotopic (exact) mass is 391 g/mol. The van der Waals surface area contributed by atoms with E-state index >= 15 is 0 Å². The summed E-state index contributed by atoms with van der Waals surface area (Å²) in [6.07, 6.45) is 4.17. The normalized spacial score (nSPS) is 23.3. The van der Waals surface area contributed by atoms with Gasteiger partial charge in [-0.15, -0.1) is 0 Å². The second kappa shape index (κ2) is 8.60. The molecule has 0 saturated heterocycles. The number of benzene rings is 2. The van der Waals surface area contributed by atoms with Crippen LogP contribution in [-0.2, 0) is 20.9 Å². The van der Waals surface area contributed by atoms with Gasteiger partial charge in [0.05, 0.1) is 5.92 Å². The third-order valence-corrected chi connectivity index (χ3v) is 6.01. The topological polar surface area (TPSA) is 72.5 Å². The van der Waals surface area contributed by atoms with E-state index in [1.165, 1.54) is 0 Å². The molecule has 2 aromatic carbocycles. The molecule has 2 bridgehead atoms. The molecule has 2 aliphatic carbocycles. The van der Waals surface area contributed by atoms with Crippen LogP contribution >= 0.6 is 0 Å². The fourth-order valence-corrected chi connectivity index (χ4v) is 4.42. The second-order valence-corrected chi connectivity index (χ2v) is 8.02. The molecule has 1 N–H and O–H groups in total. The Bertz CT molecular complexity index is 875. The van der Waals surface area contributed by atoms with Crippen LogP contribution in [0.5, 0.6) is 0 Å². The fourth-order valence-electron chi connectivity index (χ4n) is 4.42. The number of carbonyl (C=O) groups is 3. The van der Waals surface area contributed by atoms with Crippen molar-refractivity contribution < 1.29 is 19.1 Å². The summed E-state index contributed by atoms with van der Waals surface area (Å²) >= 11 is 0. The van der Waals surface area contributed by atoms with Crippen LogP contribution < -0.4 is 5.32 Å². The molecule has 0 aliphatic heterocycles. The molecular formula is C24H25NO4. The van der Waals surface area contributed by atoms with Gasteiger partial charge in [-0.3, -0.25) is 14.4 Å². The summed E-state index contributed by atoms with van der Waals surface area (Å²) in [5.41, 5.74) is 2.12. The van der Waals surface area contributed by atoms with E-state index in [4.69, 9.17) is 4.74 Å². The average molecular weight is 391 g/mol. The van der Waals surface area contributed by atoms with Crippen molar-refractivity contribution in [2.24, 2.45) is 17.8 Å². The standard InChI is InChI=1S/C24H25NO4/c26-22-18-5-4-6-19(22)14-20(13-18)24(28)29-15-16-9-11-17(12-10-16)23(27)25-21-7-2-1-3-8-21/h1-3,7-12,18-20H,4-6,13-15H2,(H,25,27)/t18-,19+,20?. The molecule has 2 saturated carbocycles. The van der Waals surface area contributed by atoms with Gasteiger partial charge in [0.2, 0.25) is 0 Å². The van der Waals surface area contributed by atoms with E-state index in [9.17, 15) is 14.4 Å². The summed E-state index contributed by atoms with van der Waals surface area (Å²) in [5, 5.41) is 2.84. The zero-order valence-electron chi connectivity index (χ0n) is 16.3. The van der Waals surface area contributed by atoms with E-state index in [0.29, 0.717) is 24.2 Å². The van der Waals surface area contributed by atoms with E-state index in [1.807, 2.05) is 30.3 Å². The van der Waals surface area contributed by atoms with Gasteiger partial charge in [0.1, 0.15) is 12.4 Å². The first-order valence-corrected chi connectivity index (χ1v) is 10.3. The van der Waals surface area contributed by atoms with Gasteiger partial charge in [-0.05, 0) is 55.5 Å². The van der Waals surface area contributed by atoms with E-state index in [-0.39, 0.29) is 36.2 Å². The number of fused-ring (bicyclic) bond motifs is 2. The fraction of sp³-hybridized carbons (Fsp3) is 0.375. The molecule has 2 aromatic rings. The SMILES string of the molecule is O=C(Nc1ccccc1)c1ccc(COC(=O)C2C[C@H]3CCC[C@@H](C2)C3=O)cc1. The van der Waals surface area contributed by atoms with Crippen molar-refractivity contribution in [3.8, 4) is 0 Å². The van der Waals surface area contributed by atoms with Gasteiger partial charge in [-0.25, -0.2) is 0 Å². The number of rotatable bonds is 5. The van der Waals surface area contributed by atoms with Crippen molar-refractivity contribution in [1.29, 1.82) is 0 Å². The Morgan fingerprint density at radius 1 is 0.931 bits per heavy atom. The minimum atomic E-state index is -0.208. The number of esters is 1. The smallest absolute Gasteiger partial charge is 0.309 e. The van der Waals surface area contributed by atoms with Gasteiger partial charge in [-0.1, -0.05) is 36.8 Å². The Morgan fingerprint density at radius 3 is 2.24 bits per heavy atom. The molecule has 5 heteroatoms. The third kappa shape index (κ3) is 4.56. The first kappa shape index (κ1) is 19.4. The molecule has 0 aromatic heterocycles. The van der Waals surface area contributed by atoms with Gasteiger partial charge < -0.3 is 10.1 Å². The van der Waals surface area contributed by atoms with Gasteiger partial charge in [0.25, 0.3) is 5.91 Å². The number of amides is 1. The van der Waals surface area contributed by atoms with Crippen LogP contribution in [-0.4, -0.2) is 17.7 Å². The maximum Gasteiger partial charge on any atom is 0.309 e. The zero-order valence-corrected chi connectivity index (χ0v) is 16.3. The highest BCUT2D eigenvalue weighted by Crippen LogP contribution is 2.40. The molecule has 0 spiro atoms. The molecule has 2 aliphatic rings. The predicted octanol–water partition coefficient (Wildman–Crippen LogP) is 4.38. The Hall–Kier alpha value is -2.95. The van der Waals surface area contributed by atoms with Gasteiger partial charge in [-0.2, -0.15) is 0 Å². The van der Waals surface area contributed by atoms with Crippen LogP contribution in [0.3, 0.4) is 0 Å². The van der Waals surface area contributed by atoms with Crippen molar-refractivity contribution >= 4 is 23.3 Å². The summed E-state index contributed by atoms with van der Waals surface area (Å²) in [5.74, 6) is -0.119. The first-order valence-electron chi connectivity index (χ1n) is 10.3. The molecule has 2 fully saturated rings. The number of hydrogen-bond acceptors (Lipinski definition) is 4. The van der Waals surface area contributed by atoms with E-state index in [0.717, 1.165) is 30.5 Å². The largest absolute Gasteiger partial charge is 0.461 e. The molecule has 4 rings (SSSR count). The highest BCUT2D eigenvalue weighted by Gasteiger charge is 2.41. The van der Waals surface area contributed by atoms with Gasteiger partial charge in [0, 0.05) is 23.1 Å². The summed E-state index contributed by atoms with van der Waals surface area (Å²) in [7, 11) is 0. The maximum atomic E-state index is 12.5. The Kier molecular flexibility index (Phi) is 5.74. The van der Waals surface area contributed by atoms with E-state index in [2.05, 4.69) is 5.32 Å². The Labute approximate surface area is 170 Å². The van der Waals surface area contributed by atoms with Crippen molar-refractivity contribution in [2.75, 3.05) is 5.32 Å². The predicted molar refractivity (Wildman–Crippen MR) is 109 cm³/mol. The number of Topliss-reactive ketones (excluding diaryl/α,β-unsaturated/α-hetero) is 1. The summed E-state index contributed by atoms with van der Waals surface area (Å²) < 4.78 is 5.51. The third-order valence-electron chi connectivity index (χ3n) is 6.01. The Morgan fingerprint density at radius 2 is 1.59 bits per heavy atom. The zero-order chi connectivity index (χ0) is 20.2. The molecule has 3 atom stereocenters. The van der Waals surface area contributed by atoms with Crippen LogP contribution in [0.25, 0.3) is 0 Å². The van der Waals surface area contributed by atoms with Gasteiger partial charge in [0.15, 0.2) is 0 Å². The number of carbonyl (C=O) groups excluding carboxylic acids is 3. The summed E-state index contributed by atoms with van der Waals surface area (Å²) in [6, 6.07) is 16.3. The van der Waals surface area contributed by atoms with Crippen molar-refractivity contribution in [2.45, 2.75) is 38.7 Å². The minimum absolute atomic E-state index is 0.0439. The molecule has 29 heavy (non-hydrogen) atoms. The second-order valence-electron chi connectivity index (χ2n) is 8.02. The molecule has 0 radical (unpaired) electrons. The number of anilines is 1. The highest BCUT2D eigenvalue weighted by molar-refractivity contribution is 6.04. The maximum absolute atomic E-state index is 12.5. The first-order chi connectivity index (χ1) is 14.1. The lowest BCUT2D eigenvalue weighted by molar-refractivity contribution is -0.154. The quantitative estimate of drug-likeness (QED) is 0.768. The average Bonchev–Trinajstić information content (AvgIpc) is 2.73. The van der Waals surface area contributed by atoms with Crippen molar-refractivity contribution in [1.82, 2.24) is 0 Å². The summed E-state index contributed by atoms with van der Waals surface area (Å²) in [4.78, 5) is 37.0. The molecule has 0 heterocycles. The van der Waals surface area contributed by atoms with Crippen LogP contribution in [0.4, 0.5) is 5.69 Å². The van der Waals surface area contributed by atoms with Gasteiger partial charge >= 0.3 is 5.97 Å². The highest BCUT2D eigenvalue weighted by atomic mass is 16.5. The van der Waals surface area contributed by atoms with E-state index < -0.39 is 0 Å². The van der Waals surface area contributed by atoms with Crippen molar-refractivity contribution in [3.63, 3.8) is 0 Å². The van der Waals surface area contributed by atoms with Crippen LogP contribution in [0.15, 0.2) is 54.6 Å². The minimum Gasteiger partial charge on any atom is -0.461 e.